The van der Waals surface area contributed by atoms with Crippen LogP contribution in [0, 0.1) is 5.92 Å². The van der Waals surface area contributed by atoms with Gasteiger partial charge in [-0.15, -0.1) is 0 Å². The van der Waals surface area contributed by atoms with E-state index in [2.05, 4.69) is 4.98 Å². The second-order valence-electron chi connectivity index (χ2n) is 6.95. The zero-order valence-corrected chi connectivity index (χ0v) is 14.3. The molecule has 2 unspecified atom stereocenters. The second kappa shape index (κ2) is 6.35. The Bertz CT molecular complexity index is 786. The molecular formula is C19H22N4O2. The van der Waals surface area contributed by atoms with Crippen molar-refractivity contribution in [3.63, 3.8) is 0 Å². The van der Waals surface area contributed by atoms with Crippen LogP contribution < -0.4 is 0 Å². The maximum atomic E-state index is 12.9. The molecule has 1 aromatic heterocycles. The van der Waals surface area contributed by atoms with Crippen LogP contribution in [0.1, 0.15) is 29.0 Å². The van der Waals surface area contributed by atoms with Crippen molar-refractivity contribution in [1.29, 1.82) is 0 Å². The molecule has 3 aliphatic heterocycles. The lowest BCUT2D eigenvalue weighted by molar-refractivity contribution is -0.140. The first-order valence-corrected chi connectivity index (χ1v) is 8.74. The summed E-state index contributed by atoms with van der Waals surface area (Å²) in [5.41, 5.74) is 1.13. The lowest BCUT2D eigenvalue weighted by atomic mass is 9.93. The normalized spacial score (nSPS) is 23.0. The molecule has 2 atom stereocenters. The van der Waals surface area contributed by atoms with Crippen LogP contribution in [0.3, 0.4) is 0 Å². The Morgan fingerprint density at radius 2 is 2.00 bits per heavy atom. The molecule has 1 aromatic carbocycles. The van der Waals surface area contributed by atoms with E-state index in [0.29, 0.717) is 25.5 Å². The molecule has 2 bridgehead atoms. The number of carbonyl (C=O) groups is 2. The van der Waals surface area contributed by atoms with Crippen molar-refractivity contribution in [3.05, 3.63) is 54.1 Å². The van der Waals surface area contributed by atoms with Crippen molar-refractivity contribution in [3.8, 4) is 0 Å². The van der Waals surface area contributed by atoms with Gasteiger partial charge >= 0.3 is 0 Å². The summed E-state index contributed by atoms with van der Waals surface area (Å²) in [5.74, 6) is 0.420. The minimum Gasteiger partial charge on any atom is -0.333 e. The van der Waals surface area contributed by atoms with Gasteiger partial charge in [0.25, 0.3) is 5.91 Å². The number of piperidine rings is 1. The fourth-order valence-electron chi connectivity index (χ4n) is 3.91. The van der Waals surface area contributed by atoms with Gasteiger partial charge in [-0.3, -0.25) is 9.59 Å². The molecule has 0 N–H and O–H groups in total. The van der Waals surface area contributed by atoms with Crippen LogP contribution in [0.15, 0.2) is 42.7 Å². The topological polar surface area (TPSA) is 58.4 Å². The van der Waals surface area contributed by atoms with Crippen molar-refractivity contribution in [1.82, 2.24) is 19.4 Å². The van der Waals surface area contributed by atoms with Gasteiger partial charge in [0.15, 0.2) is 5.82 Å². The summed E-state index contributed by atoms with van der Waals surface area (Å²) in [7, 11) is 1.82. The zero-order chi connectivity index (χ0) is 17.4. The largest absolute Gasteiger partial charge is 0.333 e. The summed E-state index contributed by atoms with van der Waals surface area (Å²) in [5, 5.41) is 0. The maximum Gasteiger partial charge on any atom is 0.289 e. The molecule has 6 nitrogen and oxygen atoms in total. The maximum absolute atomic E-state index is 12.9. The summed E-state index contributed by atoms with van der Waals surface area (Å²) >= 11 is 0. The molecule has 2 amide bonds. The Morgan fingerprint density at radius 1 is 1.20 bits per heavy atom. The number of rotatable bonds is 3. The van der Waals surface area contributed by atoms with Crippen LogP contribution in [0.5, 0.6) is 0 Å². The highest BCUT2D eigenvalue weighted by atomic mass is 16.2. The number of carbonyl (C=O) groups excluding carboxylic acids is 2. The summed E-state index contributed by atoms with van der Waals surface area (Å²) < 4.78 is 1.73. The van der Waals surface area contributed by atoms with E-state index in [9.17, 15) is 9.59 Å². The van der Waals surface area contributed by atoms with E-state index in [0.717, 1.165) is 18.4 Å². The predicted octanol–water partition coefficient (Wildman–Crippen LogP) is 1.68. The Kier molecular flexibility index (Phi) is 4.03. The van der Waals surface area contributed by atoms with Crippen LogP contribution in [-0.2, 0) is 18.4 Å². The molecule has 5 rings (SSSR count). The van der Waals surface area contributed by atoms with Crippen molar-refractivity contribution in [2.75, 3.05) is 13.1 Å². The summed E-state index contributed by atoms with van der Waals surface area (Å²) in [6.45, 7) is 1.69. The quantitative estimate of drug-likeness (QED) is 0.856. The number of imidazole rings is 1. The number of amides is 2. The van der Waals surface area contributed by atoms with E-state index < -0.39 is 0 Å². The molecule has 4 heterocycles. The Labute approximate surface area is 147 Å². The van der Waals surface area contributed by atoms with Gasteiger partial charge in [0.2, 0.25) is 5.91 Å². The Hall–Kier alpha value is -2.63. The van der Waals surface area contributed by atoms with Crippen molar-refractivity contribution in [2.45, 2.75) is 25.4 Å². The Balaban J connectivity index is 1.56. The fourth-order valence-corrected chi connectivity index (χ4v) is 3.91. The minimum atomic E-state index is -0.105. The summed E-state index contributed by atoms with van der Waals surface area (Å²) in [4.78, 5) is 33.7. The van der Waals surface area contributed by atoms with E-state index in [1.54, 1.807) is 17.0 Å². The number of aryl methyl sites for hydroxylation is 1. The molecule has 0 spiro atoms. The van der Waals surface area contributed by atoms with E-state index >= 15 is 0 Å². The third kappa shape index (κ3) is 2.92. The molecule has 6 heteroatoms. The van der Waals surface area contributed by atoms with Gasteiger partial charge in [-0.1, -0.05) is 30.3 Å². The first kappa shape index (κ1) is 15.9. The number of hydrogen-bond acceptors (Lipinski definition) is 3. The fraction of sp³-hybridized carbons (Fsp3) is 0.421. The van der Waals surface area contributed by atoms with Crippen molar-refractivity contribution in [2.24, 2.45) is 13.0 Å². The van der Waals surface area contributed by atoms with E-state index in [1.165, 1.54) is 0 Å². The van der Waals surface area contributed by atoms with Crippen LogP contribution >= 0.6 is 0 Å². The first-order chi connectivity index (χ1) is 12.1. The highest BCUT2D eigenvalue weighted by Crippen LogP contribution is 2.31. The molecule has 3 saturated heterocycles. The second-order valence-corrected chi connectivity index (χ2v) is 6.95. The van der Waals surface area contributed by atoms with Gasteiger partial charge in [0.1, 0.15) is 0 Å². The van der Waals surface area contributed by atoms with E-state index in [-0.39, 0.29) is 23.8 Å². The van der Waals surface area contributed by atoms with Crippen molar-refractivity contribution < 1.29 is 9.59 Å². The van der Waals surface area contributed by atoms with Crippen molar-refractivity contribution >= 4 is 11.8 Å². The molecule has 25 heavy (non-hydrogen) atoms. The third-order valence-electron chi connectivity index (χ3n) is 5.29. The van der Waals surface area contributed by atoms with E-state index in [4.69, 9.17) is 0 Å². The number of nitrogens with zero attached hydrogens (tertiary/aromatic N) is 4. The predicted molar refractivity (Wildman–Crippen MR) is 92.6 cm³/mol. The van der Waals surface area contributed by atoms with Gasteiger partial charge in [-0.05, 0) is 18.4 Å². The standard InChI is InChI=1S/C19H22N4O2/c1-21-10-9-20-17(21)19(25)22-12-15-7-8-16(13-22)23(18(15)24)11-14-5-3-2-4-6-14/h2-6,9-10,15-16H,7-8,11-13H2,1H3. The van der Waals surface area contributed by atoms with Crippen LogP contribution in [-0.4, -0.2) is 50.3 Å². The number of aromatic nitrogens is 2. The molecular weight excluding hydrogens is 316 g/mol. The van der Waals surface area contributed by atoms with Crippen LogP contribution in [0.4, 0.5) is 0 Å². The summed E-state index contributed by atoms with van der Waals surface area (Å²) in [6, 6.07) is 10.1. The van der Waals surface area contributed by atoms with Gasteiger partial charge in [-0.2, -0.15) is 0 Å². The SMILES string of the molecule is Cn1ccnc1C(=O)N1CC2CCC(C1)N(Cc1ccccc1)C2=O. The van der Waals surface area contributed by atoms with Gasteiger partial charge in [0, 0.05) is 45.1 Å². The monoisotopic (exact) mass is 338 g/mol. The molecule has 0 aliphatic carbocycles. The van der Waals surface area contributed by atoms with E-state index in [1.807, 2.05) is 47.2 Å². The molecule has 3 aliphatic rings. The lowest BCUT2D eigenvalue weighted by Crippen LogP contribution is -2.47. The minimum absolute atomic E-state index is 0.0793. The Morgan fingerprint density at radius 3 is 2.72 bits per heavy atom. The van der Waals surface area contributed by atoms with Crippen LogP contribution in [0.2, 0.25) is 0 Å². The highest BCUT2D eigenvalue weighted by Gasteiger charge is 2.42. The zero-order valence-electron chi connectivity index (χ0n) is 14.3. The average Bonchev–Trinajstić information content (AvgIpc) is 2.87. The molecule has 2 aromatic rings. The average molecular weight is 338 g/mol. The molecule has 130 valence electrons. The number of benzene rings is 1. The smallest absolute Gasteiger partial charge is 0.289 e. The van der Waals surface area contributed by atoms with Gasteiger partial charge in [-0.25, -0.2) is 4.98 Å². The van der Waals surface area contributed by atoms with Gasteiger partial charge < -0.3 is 14.4 Å². The third-order valence-corrected chi connectivity index (χ3v) is 5.29. The van der Waals surface area contributed by atoms with Crippen LogP contribution in [0.25, 0.3) is 0 Å². The molecule has 0 saturated carbocycles. The highest BCUT2D eigenvalue weighted by molar-refractivity contribution is 5.92. The van der Waals surface area contributed by atoms with Gasteiger partial charge in [0.05, 0.1) is 5.92 Å². The molecule has 3 fully saturated rings. The number of fused-ring (bicyclic) bond motifs is 4. The lowest BCUT2D eigenvalue weighted by Gasteiger charge is -2.36. The number of hydrogen-bond donors (Lipinski definition) is 0. The summed E-state index contributed by atoms with van der Waals surface area (Å²) in [6.07, 6.45) is 5.21. The first-order valence-electron chi connectivity index (χ1n) is 8.74. The molecule has 0 radical (unpaired) electrons.